The van der Waals surface area contributed by atoms with Gasteiger partial charge >= 0.3 is 0 Å². The summed E-state index contributed by atoms with van der Waals surface area (Å²) in [6.07, 6.45) is 0.950. The predicted molar refractivity (Wildman–Crippen MR) is 64.0 cm³/mol. The fourth-order valence-electron chi connectivity index (χ4n) is 1.49. The van der Waals surface area contributed by atoms with E-state index >= 15 is 0 Å². The summed E-state index contributed by atoms with van der Waals surface area (Å²) < 4.78 is 0. The fraction of sp³-hybridized carbons (Fsp3) is 0.500. The Labute approximate surface area is 91.5 Å². The Morgan fingerprint density at radius 2 is 1.93 bits per heavy atom. The number of nitrogens with zero attached hydrogens (tertiary/aromatic N) is 1. The maximum Gasteiger partial charge on any atom is 0.0606 e. The average Bonchev–Trinajstić information content (AvgIpc) is 2.28. The zero-order valence-electron chi connectivity index (χ0n) is 9.48. The molecule has 84 valence electrons. The van der Waals surface area contributed by atoms with Crippen LogP contribution in [0.2, 0.25) is 0 Å². The normalized spacial score (nSPS) is 12.5. The molecule has 1 atom stereocenters. The van der Waals surface area contributed by atoms with Crippen molar-refractivity contribution in [3.8, 4) is 0 Å². The summed E-state index contributed by atoms with van der Waals surface area (Å²) in [4.78, 5) is 2.02. The van der Waals surface area contributed by atoms with E-state index in [-0.39, 0.29) is 12.6 Å². The van der Waals surface area contributed by atoms with E-state index in [0.717, 1.165) is 12.1 Å². The van der Waals surface area contributed by atoms with Crippen molar-refractivity contribution in [1.82, 2.24) is 0 Å². The quantitative estimate of drug-likeness (QED) is 0.771. The molecule has 0 saturated heterocycles. The second-order valence-electron chi connectivity index (χ2n) is 3.75. The van der Waals surface area contributed by atoms with Crippen molar-refractivity contribution < 1.29 is 5.11 Å². The van der Waals surface area contributed by atoms with Gasteiger partial charge in [0, 0.05) is 25.3 Å². The van der Waals surface area contributed by atoms with Gasteiger partial charge in [-0.3, -0.25) is 0 Å². The van der Waals surface area contributed by atoms with E-state index in [1.807, 2.05) is 24.1 Å². The second-order valence-corrected chi connectivity index (χ2v) is 3.75. The number of benzene rings is 1. The van der Waals surface area contributed by atoms with Crippen molar-refractivity contribution in [2.24, 2.45) is 5.73 Å². The molecule has 1 rings (SSSR count). The number of rotatable bonds is 5. The van der Waals surface area contributed by atoms with E-state index < -0.39 is 0 Å². The predicted octanol–water partition coefficient (Wildman–Crippen LogP) is 1.52. The van der Waals surface area contributed by atoms with Crippen LogP contribution in [-0.2, 0) is 0 Å². The highest BCUT2D eigenvalue weighted by Gasteiger charge is 2.04. The van der Waals surface area contributed by atoms with Crippen LogP contribution in [0.15, 0.2) is 24.3 Å². The van der Waals surface area contributed by atoms with Crippen molar-refractivity contribution in [1.29, 1.82) is 0 Å². The van der Waals surface area contributed by atoms with Gasteiger partial charge in [-0.05, 0) is 24.1 Å². The highest BCUT2D eigenvalue weighted by molar-refractivity contribution is 5.47. The molecule has 0 radical (unpaired) electrons. The number of nitrogens with two attached hydrogens (primary N) is 1. The van der Waals surface area contributed by atoms with E-state index in [4.69, 9.17) is 10.8 Å². The van der Waals surface area contributed by atoms with Gasteiger partial charge in [-0.2, -0.15) is 0 Å². The molecule has 0 spiro atoms. The summed E-state index contributed by atoms with van der Waals surface area (Å²) in [6, 6.07) is 8.32. The molecule has 1 aromatic rings. The summed E-state index contributed by atoms with van der Waals surface area (Å²) >= 11 is 0. The number of anilines is 1. The summed E-state index contributed by atoms with van der Waals surface area (Å²) in [5.74, 6) is 0. The van der Waals surface area contributed by atoms with Crippen LogP contribution in [-0.4, -0.2) is 25.3 Å². The third-order valence-electron chi connectivity index (χ3n) is 2.64. The van der Waals surface area contributed by atoms with Crippen LogP contribution in [0.1, 0.15) is 24.9 Å². The molecule has 3 heteroatoms. The van der Waals surface area contributed by atoms with Gasteiger partial charge in [0.25, 0.3) is 0 Å². The second kappa shape index (κ2) is 5.73. The smallest absolute Gasteiger partial charge is 0.0606 e. The van der Waals surface area contributed by atoms with Crippen molar-refractivity contribution >= 4 is 5.69 Å². The summed E-state index contributed by atoms with van der Waals surface area (Å²) in [7, 11) is 1.96. The van der Waals surface area contributed by atoms with Gasteiger partial charge in [-0.15, -0.1) is 0 Å². The molecule has 3 N–H and O–H groups in total. The van der Waals surface area contributed by atoms with Crippen LogP contribution >= 0.6 is 0 Å². The Kier molecular flexibility index (Phi) is 4.59. The largest absolute Gasteiger partial charge is 0.395 e. The molecule has 0 aliphatic carbocycles. The number of aliphatic hydroxyl groups is 1. The van der Waals surface area contributed by atoms with Crippen molar-refractivity contribution in [3.05, 3.63) is 29.8 Å². The molecule has 0 aliphatic rings. The molecular weight excluding hydrogens is 188 g/mol. The molecule has 0 aromatic heterocycles. The van der Waals surface area contributed by atoms with E-state index in [0.29, 0.717) is 6.54 Å². The van der Waals surface area contributed by atoms with Crippen LogP contribution in [0, 0.1) is 0 Å². The Bertz CT molecular complexity index is 284. The molecule has 0 aliphatic heterocycles. The molecule has 0 fully saturated rings. The van der Waals surface area contributed by atoms with Gasteiger partial charge in [0.2, 0.25) is 0 Å². The Hall–Kier alpha value is -1.06. The molecule has 0 unspecified atom stereocenters. The number of hydrogen-bond acceptors (Lipinski definition) is 3. The van der Waals surface area contributed by atoms with Crippen molar-refractivity contribution in [2.75, 3.05) is 25.1 Å². The molecule has 15 heavy (non-hydrogen) atoms. The minimum absolute atomic E-state index is 0.127. The first kappa shape index (κ1) is 12.0. The minimum Gasteiger partial charge on any atom is -0.395 e. The van der Waals surface area contributed by atoms with E-state index in [1.165, 1.54) is 5.56 Å². The van der Waals surface area contributed by atoms with Gasteiger partial charge in [-0.25, -0.2) is 0 Å². The topological polar surface area (TPSA) is 49.5 Å². The number of aliphatic hydroxyl groups excluding tert-OH is 1. The van der Waals surface area contributed by atoms with Crippen molar-refractivity contribution in [2.45, 2.75) is 19.4 Å². The third kappa shape index (κ3) is 3.22. The maximum absolute atomic E-state index is 8.82. The first-order chi connectivity index (χ1) is 7.19. The van der Waals surface area contributed by atoms with Gasteiger partial charge in [-0.1, -0.05) is 19.1 Å². The lowest BCUT2D eigenvalue weighted by Crippen LogP contribution is -2.21. The zero-order chi connectivity index (χ0) is 11.3. The maximum atomic E-state index is 8.82. The monoisotopic (exact) mass is 208 g/mol. The van der Waals surface area contributed by atoms with Crippen LogP contribution in [0.3, 0.4) is 0 Å². The molecule has 0 saturated carbocycles. The van der Waals surface area contributed by atoms with E-state index in [2.05, 4.69) is 19.1 Å². The fourth-order valence-corrected chi connectivity index (χ4v) is 1.49. The molecular formula is C12H20N2O. The Balaban J connectivity index is 2.71. The first-order valence-corrected chi connectivity index (χ1v) is 5.36. The highest BCUT2D eigenvalue weighted by atomic mass is 16.3. The van der Waals surface area contributed by atoms with E-state index in [1.54, 1.807) is 0 Å². The summed E-state index contributed by atoms with van der Waals surface area (Å²) in [6.45, 7) is 2.91. The standard InChI is InChI=1S/C12H20N2O/c1-3-12(13)10-4-6-11(7-5-10)14(2)8-9-15/h4-7,12,15H,3,8-9,13H2,1-2H3/t12-/m1/s1. The first-order valence-electron chi connectivity index (χ1n) is 5.36. The molecule has 0 heterocycles. The van der Waals surface area contributed by atoms with Gasteiger partial charge in [0.1, 0.15) is 0 Å². The van der Waals surface area contributed by atoms with Crippen LogP contribution in [0.4, 0.5) is 5.69 Å². The minimum atomic E-state index is 0.127. The molecule has 3 nitrogen and oxygen atoms in total. The Morgan fingerprint density at radius 3 is 2.40 bits per heavy atom. The van der Waals surface area contributed by atoms with Gasteiger partial charge < -0.3 is 15.7 Å². The van der Waals surface area contributed by atoms with Crippen LogP contribution < -0.4 is 10.6 Å². The number of hydrogen-bond donors (Lipinski definition) is 2. The third-order valence-corrected chi connectivity index (χ3v) is 2.64. The molecule has 1 aromatic carbocycles. The SMILES string of the molecule is CC[C@@H](N)c1ccc(N(C)CCO)cc1. The van der Waals surface area contributed by atoms with Gasteiger partial charge in [0.05, 0.1) is 6.61 Å². The summed E-state index contributed by atoms with van der Waals surface area (Å²) in [5, 5.41) is 8.82. The number of likely N-dealkylation sites (N-methyl/N-ethyl adjacent to an activating group) is 1. The lowest BCUT2D eigenvalue weighted by Gasteiger charge is -2.18. The van der Waals surface area contributed by atoms with Crippen molar-refractivity contribution in [3.63, 3.8) is 0 Å². The molecule has 0 bridgehead atoms. The molecule has 0 amide bonds. The zero-order valence-corrected chi connectivity index (χ0v) is 9.48. The highest BCUT2D eigenvalue weighted by Crippen LogP contribution is 2.18. The van der Waals surface area contributed by atoms with E-state index in [9.17, 15) is 0 Å². The van der Waals surface area contributed by atoms with Gasteiger partial charge in [0.15, 0.2) is 0 Å². The Morgan fingerprint density at radius 1 is 1.33 bits per heavy atom. The van der Waals surface area contributed by atoms with Crippen LogP contribution in [0.25, 0.3) is 0 Å². The lowest BCUT2D eigenvalue weighted by atomic mass is 10.1. The average molecular weight is 208 g/mol. The van der Waals surface area contributed by atoms with Crippen LogP contribution in [0.5, 0.6) is 0 Å². The summed E-state index contributed by atoms with van der Waals surface area (Å²) in [5.41, 5.74) is 8.20. The lowest BCUT2D eigenvalue weighted by molar-refractivity contribution is 0.304.